The lowest BCUT2D eigenvalue weighted by Crippen LogP contribution is -2.32. The normalized spacial score (nSPS) is 11.6. The Morgan fingerprint density at radius 3 is 2.65 bits per heavy atom. The van der Waals surface area contributed by atoms with E-state index < -0.39 is 23.6 Å². The van der Waals surface area contributed by atoms with Crippen molar-refractivity contribution in [3.8, 4) is 11.4 Å². The van der Waals surface area contributed by atoms with Crippen LogP contribution in [0.4, 0.5) is 13.2 Å². The molecule has 4 aromatic rings. The van der Waals surface area contributed by atoms with Gasteiger partial charge in [0.25, 0.3) is 5.56 Å². The Labute approximate surface area is 170 Å². The zero-order chi connectivity index (χ0) is 22.0. The van der Waals surface area contributed by atoms with Gasteiger partial charge in [0, 0.05) is 0 Å². The first-order valence-electron chi connectivity index (χ1n) is 8.76. The minimum atomic E-state index is -4.81. The zero-order valence-electron chi connectivity index (χ0n) is 15.5. The van der Waals surface area contributed by atoms with Crippen molar-refractivity contribution in [1.82, 2.24) is 29.9 Å². The molecule has 4 rings (SSSR count). The predicted molar refractivity (Wildman–Crippen MR) is 98.2 cm³/mol. The molecule has 0 saturated heterocycles. The number of nitrogens with zero attached hydrogens (tertiary/aromatic N) is 5. The molecule has 0 spiro atoms. The van der Waals surface area contributed by atoms with Crippen LogP contribution < -0.4 is 15.6 Å². The monoisotopic (exact) mass is 434 g/mol. The Kier molecular flexibility index (Phi) is 5.15. The third-order valence-corrected chi connectivity index (χ3v) is 4.10. The molecule has 1 N–H and O–H groups in total. The average Bonchev–Trinajstić information content (AvgIpc) is 3.38. The minimum Gasteiger partial charge on any atom is -0.467 e. The third-order valence-electron chi connectivity index (χ3n) is 4.10. The maximum absolute atomic E-state index is 12.6. The molecule has 1 amide bonds. The van der Waals surface area contributed by atoms with E-state index >= 15 is 0 Å². The summed E-state index contributed by atoms with van der Waals surface area (Å²) in [7, 11) is 0. The van der Waals surface area contributed by atoms with E-state index in [0.29, 0.717) is 11.4 Å². The molecule has 0 aliphatic heterocycles. The molecule has 1 aromatic carbocycles. The number of benzene rings is 1. The van der Waals surface area contributed by atoms with Crippen molar-refractivity contribution in [3.05, 3.63) is 65.1 Å². The summed E-state index contributed by atoms with van der Waals surface area (Å²) in [5, 5.41) is 10.2. The fraction of sp³-hybridized carbons (Fsp3) is 0.167. The molecule has 0 fully saturated rings. The van der Waals surface area contributed by atoms with Crippen LogP contribution in [-0.2, 0) is 17.9 Å². The van der Waals surface area contributed by atoms with Gasteiger partial charge in [-0.15, -0.1) is 18.3 Å². The van der Waals surface area contributed by atoms with Crippen molar-refractivity contribution < 1.29 is 27.1 Å². The lowest BCUT2D eigenvalue weighted by atomic mass is 10.3. The summed E-state index contributed by atoms with van der Waals surface area (Å²) in [6.07, 6.45) is -2.17. The van der Waals surface area contributed by atoms with Gasteiger partial charge in [0.1, 0.15) is 24.4 Å². The topological polar surface area (TPSA) is 117 Å². The van der Waals surface area contributed by atoms with Crippen LogP contribution in [0.3, 0.4) is 0 Å². The van der Waals surface area contributed by atoms with Crippen LogP contribution in [-0.4, -0.2) is 36.8 Å². The standard InChI is InChI=1S/C18H13F3N6O4/c19-18(20,21)31-12-5-3-11(4-6-12)27-16-15(24-25-27)17(29)26(10-23-16)9-14(28)22-8-13-2-1-7-30-13/h1-7,10H,8-9H2,(H,22,28). The summed E-state index contributed by atoms with van der Waals surface area (Å²) in [6.45, 7) is -0.126. The highest BCUT2D eigenvalue weighted by Gasteiger charge is 2.31. The van der Waals surface area contributed by atoms with Gasteiger partial charge in [-0.25, -0.2) is 4.98 Å². The van der Waals surface area contributed by atoms with Gasteiger partial charge >= 0.3 is 6.36 Å². The van der Waals surface area contributed by atoms with E-state index in [4.69, 9.17) is 4.42 Å². The molecule has 0 radical (unpaired) electrons. The highest BCUT2D eigenvalue weighted by Crippen LogP contribution is 2.24. The number of rotatable bonds is 6. The van der Waals surface area contributed by atoms with Crippen LogP contribution in [0.2, 0.25) is 0 Å². The number of fused-ring (bicyclic) bond motifs is 1. The molecule has 0 aliphatic carbocycles. The predicted octanol–water partition coefficient (Wildman–Crippen LogP) is 1.79. The van der Waals surface area contributed by atoms with E-state index in [0.717, 1.165) is 23.0 Å². The Bertz CT molecular complexity index is 1260. The van der Waals surface area contributed by atoms with E-state index in [1.165, 1.54) is 23.1 Å². The Balaban J connectivity index is 1.52. The lowest BCUT2D eigenvalue weighted by Gasteiger charge is -2.09. The van der Waals surface area contributed by atoms with Gasteiger partial charge in [0.05, 0.1) is 18.5 Å². The molecule has 3 aromatic heterocycles. The number of carbonyl (C=O) groups is 1. The van der Waals surface area contributed by atoms with Crippen LogP contribution in [0, 0.1) is 0 Å². The molecule has 0 atom stereocenters. The highest BCUT2D eigenvalue weighted by atomic mass is 19.4. The van der Waals surface area contributed by atoms with Gasteiger partial charge < -0.3 is 14.5 Å². The van der Waals surface area contributed by atoms with Crippen molar-refractivity contribution in [1.29, 1.82) is 0 Å². The Morgan fingerprint density at radius 2 is 1.97 bits per heavy atom. The van der Waals surface area contributed by atoms with Crippen molar-refractivity contribution in [2.75, 3.05) is 0 Å². The molecule has 0 aliphatic rings. The van der Waals surface area contributed by atoms with Gasteiger partial charge in [-0.3, -0.25) is 14.2 Å². The number of alkyl halides is 3. The Morgan fingerprint density at radius 1 is 1.19 bits per heavy atom. The summed E-state index contributed by atoms with van der Waals surface area (Å²) in [6, 6.07) is 8.20. The maximum Gasteiger partial charge on any atom is 0.573 e. The second-order valence-corrected chi connectivity index (χ2v) is 6.25. The maximum atomic E-state index is 12.6. The number of halogens is 3. The molecule has 3 heterocycles. The van der Waals surface area contributed by atoms with Crippen LogP contribution in [0.15, 0.2) is 58.2 Å². The summed E-state index contributed by atoms with van der Waals surface area (Å²) in [4.78, 5) is 28.8. The van der Waals surface area contributed by atoms with Crippen molar-refractivity contribution in [2.24, 2.45) is 0 Å². The van der Waals surface area contributed by atoms with Crippen molar-refractivity contribution >= 4 is 17.1 Å². The van der Waals surface area contributed by atoms with Crippen molar-refractivity contribution in [3.63, 3.8) is 0 Å². The molecule has 160 valence electrons. The minimum absolute atomic E-state index is 0.0849. The summed E-state index contributed by atoms with van der Waals surface area (Å²) in [5.74, 6) is -0.285. The molecular formula is C18H13F3N6O4. The van der Waals surface area contributed by atoms with Gasteiger partial charge in [0.2, 0.25) is 5.91 Å². The molecule has 0 bridgehead atoms. The van der Waals surface area contributed by atoms with Crippen LogP contribution in [0.1, 0.15) is 5.76 Å². The largest absolute Gasteiger partial charge is 0.573 e. The summed E-state index contributed by atoms with van der Waals surface area (Å²) < 4.78 is 48.0. The zero-order valence-corrected chi connectivity index (χ0v) is 15.5. The van der Waals surface area contributed by atoms with Crippen LogP contribution in [0.25, 0.3) is 16.9 Å². The van der Waals surface area contributed by atoms with Gasteiger partial charge in [-0.05, 0) is 36.4 Å². The van der Waals surface area contributed by atoms with Crippen LogP contribution in [0.5, 0.6) is 5.75 Å². The number of nitrogens with one attached hydrogen (secondary N) is 1. The number of furan rings is 1. The summed E-state index contributed by atoms with van der Waals surface area (Å²) >= 11 is 0. The molecule has 31 heavy (non-hydrogen) atoms. The number of amides is 1. The van der Waals surface area contributed by atoms with Crippen molar-refractivity contribution in [2.45, 2.75) is 19.5 Å². The van der Waals surface area contributed by atoms with Gasteiger partial charge in [-0.2, -0.15) is 4.68 Å². The van der Waals surface area contributed by atoms with Crippen LogP contribution >= 0.6 is 0 Å². The number of carbonyl (C=O) groups excluding carboxylic acids is 1. The highest BCUT2D eigenvalue weighted by molar-refractivity contribution is 5.76. The SMILES string of the molecule is O=C(Cn1cnc2c(nnn2-c2ccc(OC(F)(F)F)cc2)c1=O)NCc1ccco1. The van der Waals surface area contributed by atoms with Gasteiger partial charge in [-0.1, -0.05) is 5.21 Å². The fourth-order valence-electron chi connectivity index (χ4n) is 2.73. The molecule has 0 unspecified atom stereocenters. The first-order valence-corrected chi connectivity index (χ1v) is 8.76. The third kappa shape index (κ3) is 4.55. The molecular weight excluding hydrogens is 421 g/mol. The second kappa shape index (κ2) is 7.93. The van der Waals surface area contributed by atoms with E-state index in [-0.39, 0.29) is 24.3 Å². The average molecular weight is 434 g/mol. The first-order chi connectivity index (χ1) is 14.8. The number of ether oxygens (including phenoxy) is 1. The Hall–Kier alpha value is -4.16. The number of hydrogen-bond acceptors (Lipinski definition) is 7. The fourth-order valence-corrected chi connectivity index (χ4v) is 2.73. The van der Waals surface area contributed by atoms with Gasteiger partial charge in [0.15, 0.2) is 11.2 Å². The van der Waals surface area contributed by atoms with E-state index in [9.17, 15) is 22.8 Å². The smallest absolute Gasteiger partial charge is 0.467 e. The molecule has 10 nitrogen and oxygen atoms in total. The summed E-state index contributed by atoms with van der Waals surface area (Å²) in [5.41, 5.74) is -0.294. The van der Waals surface area contributed by atoms with E-state index in [1.807, 2.05) is 0 Å². The molecule has 13 heteroatoms. The molecule has 0 saturated carbocycles. The quantitative estimate of drug-likeness (QED) is 0.492. The van der Waals surface area contributed by atoms with E-state index in [2.05, 4.69) is 25.3 Å². The van der Waals surface area contributed by atoms with E-state index in [1.54, 1.807) is 12.1 Å². The first kappa shape index (κ1) is 20.1. The number of aromatic nitrogens is 5. The second-order valence-electron chi connectivity index (χ2n) is 6.25. The lowest BCUT2D eigenvalue weighted by molar-refractivity contribution is -0.274. The number of hydrogen-bond donors (Lipinski definition) is 1.